The van der Waals surface area contributed by atoms with Gasteiger partial charge in [-0.05, 0) is 37.7 Å². The summed E-state index contributed by atoms with van der Waals surface area (Å²) in [5.41, 5.74) is 2.62. The highest BCUT2D eigenvalue weighted by atomic mass is 16.2. The maximum absolute atomic E-state index is 12.4. The molecule has 0 saturated carbocycles. The van der Waals surface area contributed by atoms with Crippen molar-refractivity contribution in [2.45, 2.75) is 59.9 Å². The molecule has 1 saturated heterocycles. The molecular weight excluding hydrogens is 338 g/mol. The predicted octanol–water partition coefficient (Wildman–Crippen LogP) is 3.58. The number of carbonyl (C=O) groups excluding carboxylic acids is 1. The van der Waals surface area contributed by atoms with E-state index in [1.165, 1.54) is 0 Å². The maximum Gasteiger partial charge on any atom is 0.227 e. The van der Waals surface area contributed by atoms with Crippen molar-refractivity contribution in [2.75, 3.05) is 13.1 Å². The quantitative estimate of drug-likeness (QED) is 0.808. The first-order valence-electron chi connectivity index (χ1n) is 10.0. The molecule has 1 aliphatic heterocycles. The van der Waals surface area contributed by atoms with Crippen LogP contribution in [-0.4, -0.2) is 43.6 Å². The van der Waals surface area contributed by atoms with Crippen LogP contribution in [0.4, 0.5) is 0 Å². The molecule has 1 amide bonds. The van der Waals surface area contributed by atoms with E-state index < -0.39 is 0 Å². The van der Waals surface area contributed by atoms with Crippen LogP contribution < -0.4 is 0 Å². The molecule has 6 heteroatoms. The third-order valence-corrected chi connectivity index (χ3v) is 5.16. The Labute approximate surface area is 162 Å². The first kappa shape index (κ1) is 19.5. The molecule has 0 radical (unpaired) electrons. The SMILES string of the molecule is CCCn1nccc1-c1cnc(CC2CCN(C(=O)C(C)(C)C)CC2)cn1. The minimum Gasteiger partial charge on any atom is -0.342 e. The van der Waals surface area contributed by atoms with Gasteiger partial charge in [0.2, 0.25) is 5.91 Å². The Morgan fingerprint density at radius 3 is 2.52 bits per heavy atom. The molecule has 27 heavy (non-hydrogen) atoms. The fourth-order valence-electron chi connectivity index (χ4n) is 3.64. The van der Waals surface area contributed by atoms with Gasteiger partial charge in [0.15, 0.2) is 0 Å². The Morgan fingerprint density at radius 1 is 1.19 bits per heavy atom. The lowest BCUT2D eigenvalue weighted by atomic mass is 9.89. The van der Waals surface area contributed by atoms with Gasteiger partial charge < -0.3 is 4.90 Å². The van der Waals surface area contributed by atoms with E-state index in [0.717, 1.165) is 62.4 Å². The molecular formula is C21H31N5O. The third-order valence-electron chi connectivity index (χ3n) is 5.16. The fraction of sp³-hybridized carbons (Fsp3) is 0.619. The Kier molecular flexibility index (Phi) is 5.92. The van der Waals surface area contributed by atoms with Crippen LogP contribution in [0.3, 0.4) is 0 Å². The van der Waals surface area contributed by atoms with Crippen molar-refractivity contribution in [3.63, 3.8) is 0 Å². The van der Waals surface area contributed by atoms with Gasteiger partial charge in [-0.15, -0.1) is 0 Å². The fourth-order valence-corrected chi connectivity index (χ4v) is 3.64. The van der Waals surface area contributed by atoms with Crippen LogP contribution in [0.1, 0.15) is 52.7 Å². The molecule has 0 atom stereocenters. The van der Waals surface area contributed by atoms with E-state index in [2.05, 4.69) is 22.0 Å². The zero-order valence-electron chi connectivity index (χ0n) is 17.0. The van der Waals surface area contributed by atoms with Gasteiger partial charge in [0.1, 0.15) is 5.69 Å². The second-order valence-corrected chi connectivity index (χ2v) is 8.52. The molecule has 2 aromatic rings. The number of carbonyl (C=O) groups is 1. The number of nitrogens with zero attached hydrogens (tertiary/aromatic N) is 5. The molecule has 0 spiro atoms. The average Bonchev–Trinajstić information content (AvgIpc) is 3.10. The summed E-state index contributed by atoms with van der Waals surface area (Å²) in [5.74, 6) is 0.827. The number of amides is 1. The van der Waals surface area contributed by atoms with Crippen LogP contribution in [0.2, 0.25) is 0 Å². The zero-order valence-corrected chi connectivity index (χ0v) is 17.0. The summed E-state index contributed by atoms with van der Waals surface area (Å²) >= 11 is 0. The monoisotopic (exact) mass is 369 g/mol. The highest BCUT2D eigenvalue weighted by molar-refractivity contribution is 5.81. The lowest BCUT2D eigenvalue weighted by Crippen LogP contribution is -2.44. The Hall–Kier alpha value is -2.24. The van der Waals surface area contributed by atoms with Gasteiger partial charge in [-0.3, -0.25) is 19.4 Å². The standard InChI is InChI=1S/C21H31N5O/c1-5-10-26-19(6-9-24-26)18-15-22-17(14-23-18)13-16-7-11-25(12-8-16)20(27)21(2,3)4/h6,9,14-16H,5,7-8,10-13H2,1-4H3. The summed E-state index contributed by atoms with van der Waals surface area (Å²) in [6.45, 7) is 10.7. The summed E-state index contributed by atoms with van der Waals surface area (Å²) in [6.07, 6.45) is 9.61. The van der Waals surface area contributed by atoms with Gasteiger partial charge in [0.05, 0.1) is 17.6 Å². The molecule has 0 aromatic carbocycles. The molecule has 3 rings (SSSR count). The van der Waals surface area contributed by atoms with Crippen LogP contribution >= 0.6 is 0 Å². The van der Waals surface area contributed by atoms with Crippen molar-refractivity contribution in [3.8, 4) is 11.4 Å². The molecule has 1 aliphatic rings. The zero-order chi connectivity index (χ0) is 19.4. The number of aromatic nitrogens is 4. The second kappa shape index (κ2) is 8.19. The van der Waals surface area contributed by atoms with Gasteiger partial charge in [-0.25, -0.2) is 0 Å². The minimum atomic E-state index is -0.293. The summed E-state index contributed by atoms with van der Waals surface area (Å²) in [7, 11) is 0. The molecule has 0 bridgehead atoms. The maximum atomic E-state index is 12.4. The summed E-state index contributed by atoms with van der Waals surface area (Å²) < 4.78 is 1.98. The molecule has 1 fully saturated rings. The number of aryl methyl sites for hydroxylation is 1. The van der Waals surface area contributed by atoms with E-state index in [1.807, 2.05) is 55.0 Å². The summed E-state index contributed by atoms with van der Waals surface area (Å²) in [6, 6.07) is 1.99. The second-order valence-electron chi connectivity index (χ2n) is 8.52. The van der Waals surface area contributed by atoms with E-state index in [0.29, 0.717) is 5.92 Å². The number of hydrogen-bond acceptors (Lipinski definition) is 4. The van der Waals surface area contributed by atoms with Gasteiger partial charge in [-0.1, -0.05) is 27.7 Å². The lowest BCUT2D eigenvalue weighted by molar-refractivity contribution is -0.140. The molecule has 2 aromatic heterocycles. The van der Waals surface area contributed by atoms with Gasteiger partial charge in [0.25, 0.3) is 0 Å². The Morgan fingerprint density at radius 2 is 1.93 bits per heavy atom. The molecule has 146 valence electrons. The Bertz CT molecular complexity index is 752. The molecule has 0 unspecified atom stereocenters. The smallest absolute Gasteiger partial charge is 0.227 e. The van der Waals surface area contributed by atoms with Crippen molar-refractivity contribution in [2.24, 2.45) is 11.3 Å². The number of rotatable bonds is 5. The van der Waals surface area contributed by atoms with Crippen LogP contribution in [-0.2, 0) is 17.8 Å². The van der Waals surface area contributed by atoms with Gasteiger partial charge in [0, 0.05) is 37.4 Å². The first-order valence-corrected chi connectivity index (χ1v) is 10.0. The number of hydrogen-bond donors (Lipinski definition) is 0. The predicted molar refractivity (Wildman–Crippen MR) is 106 cm³/mol. The van der Waals surface area contributed by atoms with E-state index >= 15 is 0 Å². The van der Waals surface area contributed by atoms with Crippen molar-refractivity contribution in [1.82, 2.24) is 24.6 Å². The van der Waals surface area contributed by atoms with Gasteiger partial charge in [-0.2, -0.15) is 5.10 Å². The lowest BCUT2D eigenvalue weighted by Gasteiger charge is -2.35. The van der Waals surface area contributed by atoms with Crippen LogP contribution in [0, 0.1) is 11.3 Å². The Balaban J connectivity index is 1.57. The van der Waals surface area contributed by atoms with Crippen LogP contribution in [0.25, 0.3) is 11.4 Å². The molecule has 0 N–H and O–H groups in total. The molecule has 3 heterocycles. The molecule has 6 nitrogen and oxygen atoms in total. The first-order chi connectivity index (χ1) is 12.9. The third kappa shape index (κ3) is 4.73. The van der Waals surface area contributed by atoms with Crippen molar-refractivity contribution >= 4 is 5.91 Å². The van der Waals surface area contributed by atoms with Crippen molar-refractivity contribution in [3.05, 3.63) is 30.4 Å². The van der Waals surface area contributed by atoms with E-state index in [-0.39, 0.29) is 11.3 Å². The van der Waals surface area contributed by atoms with Crippen molar-refractivity contribution in [1.29, 1.82) is 0 Å². The van der Waals surface area contributed by atoms with E-state index in [1.54, 1.807) is 0 Å². The van der Waals surface area contributed by atoms with Gasteiger partial charge >= 0.3 is 0 Å². The molecule has 0 aliphatic carbocycles. The number of piperidine rings is 1. The average molecular weight is 370 g/mol. The number of likely N-dealkylation sites (tertiary alicyclic amines) is 1. The normalized spacial score (nSPS) is 15.9. The summed E-state index contributed by atoms with van der Waals surface area (Å²) in [4.78, 5) is 23.7. The van der Waals surface area contributed by atoms with E-state index in [9.17, 15) is 4.79 Å². The minimum absolute atomic E-state index is 0.258. The van der Waals surface area contributed by atoms with Crippen LogP contribution in [0.5, 0.6) is 0 Å². The highest BCUT2D eigenvalue weighted by Gasteiger charge is 2.30. The largest absolute Gasteiger partial charge is 0.342 e. The summed E-state index contributed by atoms with van der Waals surface area (Å²) in [5, 5.41) is 4.35. The van der Waals surface area contributed by atoms with Crippen molar-refractivity contribution < 1.29 is 4.79 Å². The topological polar surface area (TPSA) is 63.9 Å². The van der Waals surface area contributed by atoms with Crippen LogP contribution in [0.15, 0.2) is 24.7 Å². The van der Waals surface area contributed by atoms with E-state index in [4.69, 9.17) is 0 Å². The highest BCUT2D eigenvalue weighted by Crippen LogP contribution is 2.25.